The molecule has 0 fully saturated rings. The molecule has 1 heterocycles. The van der Waals surface area contributed by atoms with Gasteiger partial charge in [-0.05, 0) is 25.1 Å². The molecule has 0 aromatic heterocycles. The van der Waals surface area contributed by atoms with Gasteiger partial charge in [-0.15, -0.1) is 0 Å². The molecule has 2 amide bonds. The van der Waals surface area contributed by atoms with E-state index in [-0.39, 0.29) is 18.7 Å². The third-order valence-electron chi connectivity index (χ3n) is 3.35. The minimum absolute atomic E-state index is 0.0306. The highest BCUT2D eigenvalue weighted by Crippen LogP contribution is 2.34. The lowest BCUT2D eigenvalue weighted by Gasteiger charge is -2.29. The molecule has 0 aliphatic carbocycles. The van der Waals surface area contributed by atoms with Crippen LogP contribution in [0.1, 0.15) is 24.9 Å². The number of likely N-dealkylation sites (N-methyl/N-ethyl adjacent to an activating group) is 1. The van der Waals surface area contributed by atoms with E-state index in [0.29, 0.717) is 19.7 Å². The third-order valence-corrected chi connectivity index (χ3v) is 3.84. The summed E-state index contributed by atoms with van der Waals surface area (Å²) in [5.74, 6) is 0.815. The lowest BCUT2D eigenvalue weighted by molar-refractivity contribution is 0.172. The topological polar surface area (TPSA) is 61.8 Å². The van der Waals surface area contributed by atoms with E-state index in [0.717, 1.165) is 22.2 Å². The van der Waals surface area contributed by atoms with Crippen LogP contribution in [0.15, 0.2) is 22.7 Å². The van der Waals surface area contributed by atoms with Crippen LogP contribution in [0.4, 0.5) is 4.79 Å². The predicted octanol–water partition coefficient (Wildman–Crippen LogP) is 2.30. The Balaban J connectivity index is 2.11. The molecule has 110 valence electrons. The quantitative estimate of drug-likeness (QED) is 0.882. The number of carbonyl (C=O) groups is 1. The average molecular weight is 343 g/mol. The van der Waals surface area contributed by atoms with Gasteiger partial charge in [-0.2, -0.15) is 0 Å². The Hall–Kier alpha value is -1.27. The normalized spacial score (nSPS) is 17.1. The number of fused-ring (bicyclic) bond motifs is 1. The first kappa shape index (κ1) is 15.1. The van der Waals surface area contributed by atoms with Crippen LogP contribution in [0.5, 0.6) is 5.75 Å². The van der Waals surface area contributed by atoms with Crippen molar-refractivity contribution < 1.29 is 14.6 Å². The molecule has 2 rings (SSSR count). The summed E-state index contributed by atoms with van der Waals surface area (Å²) in [5, 5.41) is 12.0. The summed E-state index contributed by atoms with van der Waals surface area (Å²) >= 11 is 3.44. The van der Waals surface area contributed by atoms with Crippen molar-refractivity contribution in [3.05, 3.63) is 28.2 Å². The van der Waals surface area contributed by atoms with Gasteiger partial charge in [0, 0.05) is 29.5 Å². The van der Waals surface area contributed by atoms with Crippen LogP contribution in [0.2, 0.25) is 0 Å². The molecule has 1 aliphatic rings. The first-order valence-corrected chi connectivity index (χ1v) is 7.53. The van der Waals surface area contributed by atoms with Crippen LogP contribution in [0.25, 0.3) is 0 Å². The van der Waals surface area contributed by atoms with Crippen LogP contribution in [0, 0.1) is 0 Å². The van der Waals surface area contributed by atoms with E-state index in [1.807, 2.05) is 25.1 Å². The molecule has 2 N–H and O–H groups in total. The molecular weight excluding hydrogens is 324 g/mol. The van der Waals surface area contributed by atoms with Crippen molar-refractivity contribution in [2.45, 2.75) is 19.4 Å². The lowest BCUT2D eigenvalue weighted by atomic mass is 10.0. The molecule has 1 unspecified atom stereocenters. The number of carbonyl (C=O) groups excluding carboxylic acids is 1. The Morgan fingerprint density at radius 1 is 1.60 bits per heavy atom. The van der Waals surface area contributed by atoms with E-state index in [2.05, 4.69) is 21.2 Å². The van der Waals surface area contributed by atoms with Crippen molar-refractivity contribution in [1.82, 2.24) is 10.2 Å². The Morgan fingerprint density at radius 3 is 3.10 bits per heavy atom. The molecule has 0 spiro atoms. The van der Waals surface area contributed by atoms with Gasteiger partial charge in [0.1, 0.15) is 5.75 Å². The fourth-order valence-electron chi connectivity index (χ4n) is 2.28. The molecule has 1 aromatic rings. The number of nitrogens with one attached hydrogen (secondary N) is 1. The fourth-order valence-corrected chi connectivity index (χ4v) is 2.66. The number of urea groups is 1. The Morgan fingerprint density at radius 2 is 2.40 bits per heavy atom. The van der Waals surface area contributed by atoms with Crippen LogP contribution in [-0.4, -0.2) is 42.3 Å². The number of aliphatic hydroxyl groups excluding tert-OH is 1. The molecule has 1 aliphatic heterocycles. The monoisotopic (exact) mass is 342 g/mol. The predicted molar refractivity (Wildman–Crippen MR) is 79.9 cm³/mol. The van der Waals surface area contributed by atoms with Gasteiger partial charge in [-0.1, -0.05) is 15.9 Å². The lowest BCUT2D eigenvalue weighted by Crippen LogP contribution is -2.43. The molecule has 1 aromatic carbocycles. The summed E-state index contributed by atoms with van der Waals surface area (Å²) in [6, 6.07) is 5.59. The summed E-state index contributed by atoms with van der Waals surface area (Å²) in [5.41, 5.74) is 0.985. The van der Waals surface area contributed by atoms with Crippen LogP contribution < -0.4 is 10.1 Å². The minimum Gasteiger partial charge on any atom is -0.493 e. The molecular formula is C14H19BrN2O3. The van der Waals surface area contributed by atoms with Crippen LogP contribution >= 0.6 is 15.9 Å². The first-order valence-electron chi connectivity index (χ1n) is 6.74. The van der Waals surface area contributed by atoms with Gasteiger partial charge in [0.2, 0.25) is 0 Å². The SMILES string of the molecule is CCN(CCO)C(=O)NC1CCOc2ccc(Br)cc21. The van der Waals surface area contributed by atoms with Gasteiger partial charge in [0.05, 0.1) is 19.3 Å². The van der Waals surface area contributed by atoms with Crippen molar-refractivity contribution in [3.63, 3.8) is 0 Å². The van der Waals surface area contributed by atoms with E-state index >= 15 is 0 Å². The standard InChI is InChI=1S/C14H19BrN2O3/c1-2-17(6-7-18)14(19)16-12-5-8-20-13-4-3-10(15)9-11(12)13/h3-4,9,12,18H,2,5-8H2,1H3,(H,16,19). The largest absolute Gasteiger partial charge is 0.493 e. The molecule has 0 saturated heterocycles. The summed E-state index contributed by atoms with van der Waals surface area (Å²) in [4.78, 5) is 13.8. The Labute approximate surface area is 127 Å². The fraction of sp³-hybridized carbons (Fsp3) is 0.500. The highest BCUT2D eigenvalue weighted by Gasteiger charge is 2.24. The second-order valence-electron chi connectivity index (χ2n) is 4.62. The number of hydrogen-bond donors (Lipinski definition) is 2. The number of rotatable bonds is 4. The van der Waals surface area contributed by atoms with Crippen molar-refractivity contribution >= 4 is 22.0 Å². The van der Waals surface area contributed by atoms with Gasteiger partial charge in [-0.3, -0.25) is 0 Å². The molecule has 0 radical (unpaired) electrons. The van der Waals surface area contributed by atoms with Gasteiger partial charge in [0.25, 0.3) is 0 Å². The second kappa shape index (κ2) is 6.95. The van der Waals surface area contributed by atoms with Gasteiger partial charge < -0.3 is 20.1 Å². The highest BCUT2D eigenvalue weighted by atomic mass is 79.9. The second-order valence-corrected chi connectivity index (χ2v) is 5.54. The zero-order valence-electron chi connectivity index (χ0n) is 11.4. The van der Waals surface area contributed by atoms with E-state index < -0.39 is 0 Å². The molecule has 0 bridgehead atoms. The summed E-state index contributed by atoms with van der Waals surface area (Å²) < 4.78 is 6.56. The van der Waals surface area contributed by atoms with Crippen molar-refractivity contribution in [2.24, 2.45) is 0 Å². The molecule has 5 nitrogen and oxygen atoms in total. The number of aliphatic hydroxyl groups is 1. The number of halogens is 1. The van der Waals surface area contributed by atoms with Gasteiger partial charge >= 0.3 is 6.03 Å². The molecule has 6 heteroatoms. The maximum atomic E-state index is 12.2. The zero-order valence-corrected chi connectivity index (χ0v) is 13.0. The number of ether oxygens (including phenoxy) is 1. The maximum absolute atomic E-state index is 12.2. The third kappa shape index (κ3) is 3.43. The first-order chi connectivity index (χ1) is 9.65. The van der Waals surface area contributed by atoms with E-state index in [4.69, 9.17) is 9.84 Å². The van der Waals surface area contributed by atoms with Crippen molar-refractivity contribution in [1.29, 1.82) is 0 Å². The van der Waals surface area contributed by atoms with Gasteiger partial charge in [-0.25, -0.2) is 4.79 Å². The smallest absolute Gasteiger partial charge is 0.317 e. The molecule has 0 saturated carbocycles. The number of amides is 2. The highest BCUT2D eigenvalue weighted by molar-refractivity contribution is 9.10. The summed E-state index contributed by atoms with van der Waals surface area (Å²) in [7, 11) is 0. The zero-order chi connectivity index (χ0) is 14.5. The average Bonchev–Trinajstić information content (AvgIpc) is 2.45. The van der Waals surface area contributed by atoms with Gasteiger partial charge in [0.15, 0.2) is 0 Å². The van der Waals surface area contributed by atoms with Crippen molar-refractivity contribution in [2.75, 3.05) is 26.3 Å². The van der Waals surface area contributed by atoms with Crippen LogP contribution in [-0.2, 0) is 0 Å². The molecule has 1 atom stereocenters. The number of benzene rings is 1. The summed E-state index contributed by atoms with van der Waals surface area (Å²) in [6.45, 7) is 3.37. The summed E-state index contributed by atoms with van der Waals surface area (Å²) in [6.07, 6.45) is 0.742. The van der Waals surface area contributed by atoms with Crippen molar-refractivity contribution in [3.8, 4) is 5.75 Å². The number of nitrogens with zero attached hydrogens (tertiary/aromatic N) is 1. The van der Waals surface area contributed by atoms with Crippen LogP contribution in [0.3, 0.4) is 0 Å². The van der Waals surface area contributed by atoms with E-state index in [1.54, 1.807) is 4.90 Å². The number of hydrogen-bond acceptors (Lipinski definition) is 3. The minimum atomic E-state index is -0.153. The Kier molecular flexibility index (Phi) is 5.25. The Bertz CT molecular complexity index is 481. The van der Waals surface area contributed by atoms with E-state index in [1.165, 1.54) is 0 Å². The molecule has 20 heavy (non-hydrogen) atoms. The maximum Gasteiger partial charge on any atom is 0.317 e. The van der Waals surface area contributed by atoms with E-state index in [9.17, 15) is 4.79 Å².